The molecular formula is C28H21N3O. The molecule has 154 valence electrons. The quantitative estimate of drug-likeness (QED) is 0.289. The van der Waals surface area contributed by atoms with E-state index in [0.717, 1.165) is 40.1 Å². The van der Waals surface area contributed by atoms with Gasteiger partial charge in [0.05, 0.1) is 5.69 Å². The van der Waals surface area contributed by atoms with E-state index in [9.17, 15) is 0 Å². The van der Waals surface area contributed by atoms with Gasteiger partial charge >= 0.3 is 0 Å². The Kier molecular flexibility index (Phi) is 5.58. The molecule has 0 aliphatic carbocycles. The second kappa shape index (κ2) is 9.14. The van der Waals surface area contributed by atoms with Gasteiger partial charge in [-0.25, -0.2) is 9.97 Å². The van der Waals surface area contributed by atoms with Crippen LogP contribution in [0.4, 0.5) is 17.3 Å². The summed E-state index contributed by atoms with van der Waals surface area (Å²) in [5.74, 6) is 3.17. The number of nitrogens with zero attached hydrogens (tertiary/aromatic N) is 3. The molecule has 4 nitrogen and oxygen atoms in total. The second-order valence-corrected chi connectivity index (χ2v) is 7.18. The Balaban J connectivity index is 1.52. The largest absolute Gasteiger partial charge is 0.457 e. The van der Waals surface area contributed by atoms with Crippen LogP contribution in [-0.4, -0.2) is 9.97 Å². The number of anilines is 3. The topological polar surface area (TPSA) is 38.2 Å². The smallest absolute Gasteiger partial charge is 0.139 e. The van der Waals surface area contributed by atoms with Crippen LogP contribution in [0.15, 0.2) is 128 Å². The molecule has 0 unspecified atom stereocenters. The first-order chi connectivity index (χ1) is 15.9. The molecule has 0 aliphatic rings. The molecule has 0 N–H and O–H groups in total. The third-order valence-corrected chi connectivity index (χ3v) is 4.96. The fourth-order valence-electron chi connectivity index (χ4n) is 3.50. The van der Waals surface area contributed by atoms with Crippen LogP contribution in [0.1, 0.15) is 0 Å². The Labute approximate surface area is 187 Å². The van der Waals surface area contributed by atoms with Gasteiger partial charge in [-0.05, 0) is 60.7 Å². The van der Waals surface area contributed by atoms with Crippen molar-refractivity contribution in [3.63, 3.8) is 0 Å². The fourth-order valence-corrected chi connectivity index (χ4v) is 3.50. The van der Waals surface area contributed by atoms with Gasteiger partial charge in [0.25, 0.3) is 0 Å². The molecule has 32 heavy (non-hydrogen) atoms. The molecule has 3 aromatic carbocycles. The third-order valence-electron chi connectivity index (χ3n) is 4.96. The summed E-state index contributed by atoms with van der Waals surface area (Å²) in [6.45, 7) is 0. The van der Waals surface area contributed by atoms with Crippen LogP contribution in [-0.2, 0) is 0 Å². The van der Waals surface area contributed by atoms with Crippen molar-refractivity contribution in [2.75, 3.05) is 4.90 Å². The Hall–Kier alpha value is -4.44. The van der Waals surface area contributed by atoms with Gasteiger partial charge in [0.15, 0.2) is 0 Å². The van der Waals surface area contributed by atoms with Crippen LogP contribution in [0.25, 0.3) is 11.3 Å². The number of aromatic nitrogens is 2. The van der Waals surface area contributed by atoms with Gasteiger partial charge in [-0.3, -0.25) is 4.90 Å². The van der Waals surface area contributed by atoms with Gasteiger partial charge < -0.3 is 4.74 Å². The summed E-state index contributed by atoms with van der Waals surface area (Å²) in [5.41, 5.74) is 2.84. The highest BCUT2D eigenvalue weighted by Gasteiger charge is 2.15. The molecule has 4 heteroatoms. The monoisotopic (exact) mass is 415 g/mol. The van der Waals surface area contributed by atoms with E-state index in [1.54, 1.807) is 6.20 Å². The molecular weight excluding hydrogens is 394 g/mol. The van der Waals surface area contributed by atoms with Gasteiger partial charge in [0.2, 0.25) is 0 Å². The van der Waals surface area contributed by atoms with E-state index in [-0.39, 0.29) is 0 Å². The summed E-state index contributed by atoms with van der Waals surface area (Å²) < 4.78 is 6.01. The third kappa shape index (κ3) is 4.35. The molecule has 0 saturated carbocycles. The number of pyridine rings is 2. The number of benzene rings is 3. The summed E-state index contributed by atoms with van der Waals surface area (Å²) in [7, 11) is 0. The molecule has 0 amide bonds. The summed E-state index contributed by atoms with van der Waals surface area (Å²) >= 11 is 0. The summed E-state index contributed by atoms with van der Waals surface area (Å²) in [5, 5.41) is 0. The lowest BCUT2D eigenvalue weighted by atomic mass is 10.1. The molecule has 0 spiro atoms. The second-order valence-electron chi connectivity index (χ2n) is 7.18. The molecule has 2 heterocycles. The molecule has 0 atom stereocenters. The number of para-hydroxylation sites is 2. The summed E-state index contributed by atoms with van der Waals surface area (Å²) in [4.78, 5) is 11.6. The van der Waals surface area contributed by atoms with Gasteiger partial charge in [-0.1, -0.05) is 60.7 Å². The molecule has 5 aromatic rings. The fraction of sp³-hybridized carbons (Fsp3) is 0. The van der Waals surface area contributed by atoms with Crippen molar-refractivity contribution in [1.29, 1.82) is 0 Å². The van der Waals surface area contributed by atoms with Crippen molar-refractivity contribution in [2.45, 2.75) is 0 Å². The molecule has 0 saturated heterocycles. The Morgan fingerprint density at radius 2 is 1.25 bits per heavy atom. The van der Waals surface area contributed by atoms with Gasteiger partial charge in [-0.15, -0.1) is 0 Å². The van der Waals surface area contributed by atoms with E-state index >= 15 is 0 Å². The molecule has 0 bridgehead atoms. The van der Waals surface area contributed by atoms with Crippen molar-refractivity contribution < 1.29 is 4.74 Å². The van der Waals surface area contributed by atoms with E-state index < -0.39 is 0 Å². The number of ether oxygens (including phenoxy) is 1. The zero-order valence-corrected chi connectivity index (χ0v) is 17.4. The molecule has 0 aliphatic heterocycles. The van der Waals surface area contributed by atoms with Crippen LogP contribution in [0, 0.1) is 0 Å². The molecule has 2 aromatic heterocycles. The van der Waals surface area contributed by atoms with Crippen LogP contribution < -0.4 is 9.64 Å². The lowest BCUT2D eigenvalue weighted by molar-refractivity contribution is 0.483. The maximum Gasteiger partial charge on any atom is 0.139 e. The first-order valence-electron chi connectivity index (χ1n) is 10.4. The number of hydrogen-bond donors (Lipinski definition) is 0. The standard InChI is InChI=1S/C28H21N3O/c1-3-12-23(13-4-1)31(27-18-7-8-20-29-27)28-19-10-17-26(30-28)22-11-9-16-25(21-22)32-24-14-5-2-6-15-24/h1-21H. The Morgan fingerprint density at radius 3 is 2.03 bits per heavy atom. The average molecular weight is 415 g/mol. The average Bonchev–Trinajstić information content (AvgIpc) is 2.87. The predicted molar refractivity (Wildman–Crippen MR) is 129 cm³/mol. The van der Waals surface area contributed by atoms with Crippen LogP contribution in [0.5, 0.6) is 11.5 Å². The van der Waals surface area contributed by atoms with E-state index in [4.69, 9.17) is 9.72 Å². The van der Waals surface area contributed by atoms with Crippen molar-refractivity contribution >= 4 is 17.3 Å². The highest BCUT2D eigenvalue weighted by molar-refractivity contribution is 5.74. The minimum Gasteiger partial charge on any atom is -0.457 e. The van der Waals surface area contributed by atoms with Gasteiger partial charge in [0.1, 0.15) is 23.1 Å². The number of hydrogen-bond acceptors (Lipinski definition) is 4. The first kappa shape index (κ1) is 19.5. The van der Waals surface area contributed by atoms with Crippen LogP contribution >= 0.6 is 0 Å². The van der Waals surface area contributed by atoms with E-state index in [2.05, 4.69) is 17.1 Å². The summed E-state index contributed by atoms with van der Waals surface area (Å²) in [6.07, 6.45) is 1.79. The van der Waals surface area contributed by atoms with Crippen LogP contribution in [0.2, 0.25) is 0 Å². The van der Waals surface area contributed by atoms with Gasteiger partial charge in [0, 0.05) is 17.4 Å². The molecule has 5 rings (SSSR count). The highest BCUT2D eigenvalue weighted by atomic mass is 16.5. The molecule has 0 fully saturated rings. The molecule has 0 radical (unpaired) electrons. The maximum atomic E-state index is 6.01. The Bertz CT molecular complexity index is 1250. The number of rotatable bonds is 6. The summed E-state index contributed by atoms with van der Waals surface area (Å²) in [6, 6.07) is 39.8. The van der Waals surface area contributed by atoms with Crippen molar-refractivity contribution in [3.8, 4) is 22.8 Å². The zero-order chi connectivity index (χ0) is 21.6. The van der Waals surface area contributed by atoms with E-state index in [0.29, 0.717) is 0 Å². The van der Waals surface area contributed by atoms with Crippen molar-refractivity contribution in [2.24, 2.45) is 0 Å². The van der Waals surface area contributed by atoms with Crippen molar-refractivity contribution in [1.82, 2.24) is 9.97 Å². The normalized spacial score (nSPS) is 10.5. The SMILES string of the molecule is c1ccc(Oc2cccc(-c3cccc(N(c4ccccc4)c4ccccn4)n3)c2)cc1. The Morgan fingerprint density at radius 1 is 0.562 bits per heavy atom. The lowest BCUT2D eigenvalue weighted by Crippen LogP contribution is -2.13. The minimum absolute atomic E-state index is 0.769. The van der Waals surface area contributed by atoms with E-state index in [1.165, 1.54) is 0 Å². The first-order valence-corrected chi connectivity index (χ1v) is 10.4. The minimum atomic E-state index is 0.769. The maximum absolute atomic E-state index is 6.01. The predicted octanol–water partition coefficient (Wildman–Crippen LogP) is 7.41. The van der Waals surface area contributed by atoms with Gasteiger partial charge in [-0.2, -0.15) is 0 Å². The van der Waals surface area contributed by atoms with E-state index in [1.807, 2.05) is 114 Å². The van der Waals surface area contributed by atoms with Crippen molar-refractivity contribution in [3.05, 3.63) is 128 Å². The lowest BCUT2D eigenvalue weighted by Gasteiger charge is -2.23. The highest BCUT2D eigenvalue weighted by Crippen LogP contribution is 2.33. The zero-order valence-electron chi connectivity index (χ0n) is 17.4. The van der Waals surface area contributed by atoms with Crippen LogP contribution in [0.3, 0.4) is 0 Å².